The fourth-order valence-electron chi connectivity index (χ4n) is 1.59. The molecule has 0 amide bonds. The Balaban J connectivity index is 1.99. The zero-order valence-corrected chi connectivity index (χ0v) is 10.1. The van der Waals surface area contributed by atoms with Gasteiger partial charge in [0.25, 0.3) is 0 Å². The number of nitrogens with zero attached hydrogens (tertiary/aromatic N) is 5. The lowest BCUT2D eigenvalue weighted by Crippen LogP contribution is -2.30. The predicted octanol–water partition coefficient (Wildman–Crippen LogP) is 3.34. The van der Waals surface area contributed by atoms with E-state index in [1.54, 1.807) is 34.4 Å². The Kier molecular flexibility index (Phi) is 2.49. The molecule has 1 aromatic heterocycles. The molecule has 3 rings (SSSR count). The van der Waals surface area contributed by atoms with E-state index in [-0.39, 0.29) is 0 Å². The number of hydrogen-bond acceptors (Lipinski definition) is 4. The van der Waals surface area contributed by atoms with E-state index < -0.39 is 0 Å². The molecule has 2 heterocycles. The molecule has 0 spiro atoms. The molecular weight excluding hydrogens is 261 g/mol. The Morgan fingerprint density at radius 1 is 1.18 bits per heavy atom. The van der Waals surface area contributed by atoms with Crippen molar-refractivity contribution in [1.82, 2.24) is 9.89 Å². The molecule has 1 aliphatic heterocycles. The van der Waals surface area contributed by atoms with Gasteiger partial charge in [-0.3, -0.25) is 0 Å². The van der Waals surface area contributed by atoms with Crippen LogP contribution in [0.1, 0.15) is 5.56 Å². The molecular formula is C10H7Cl2N5. The van der Waals surface area contributed by atoms with Crippen LogP contribution in [0.15, 0.2) is 40.9 Å². The Bertz CT molecular complexity index is 579. The number of rotatable bonds is 1. The van der Waals surface area contributed by atoms with Gasteiger partial charge in [-0.25, -0.2) is 0 Å². The summed E-state index contributed by atoms with van der Waals surface area (Å²) in [7, 11) is 0. The van der Waals surface area contributed by atoms with Gasteiger partial charge >= 0.3 is 0 Å². The fraction of sp³-hybridized carbons (Fsp3) is 0.100. The second-order valence-corrected chi connectivity index (χ2v) is 4.36. The lowest BCUT2D eigenvalue weighted by Gasteiger charge is -2.21. The van der Waals surface area contributed by atoms with Gasteiger partial charge in [-0.15, -0.1) is 5.11 Å². The van der Waals surface area contributed by atoms with E-state index in [1.807, 2.05) is 6.07 Å². The summed E-state index contributed by atoms with van der Waals surface area (Å²) in [6.45, 7) is 0.553. The van der Waals surface area contributed by atoms with Crippen LogP contribution in [0.3, 0.4) is 0 Å². The number of hydrogen-bond donors (Lipinski definition) is 0. The van der Waals surface area contributed by atoms with Crippen molar-refractivity contribution >= 4 is 28.9 Å². The fourth-order valence-corrected chi connectivity index (χ4v) is 1.94. The normalized spacial score (nSPS) is 13.9. The summed E-state index contributed by atoms with van der Waals surface area (Å²) in [5.74, 6) is 0. The van der Waals surface area contributed by atoms with Crippen molar-refractivity contribution in [3.05, 3.63) is 46.2 Å². The molecule has 0 aliphatic carbocycles. The topological polar surface area (TPSA) is 45.8 Å². The van der Waals surface area contributed by atoms with E-state index in [1.165, 1.54) is 0 Å². The monoisotopic (exact) mass is 267 g/mol. The van der Waals surface area contributed by atoms with Gasteiger partial charge in [-0.1, -0.05) is 23.2 Å². The van der Waals surface area contributed by atoms with Gasteiger partial charge < -0.3 is 0 Å². The van der Waals surface area contributed by atoms with Crippen molar-refractivity contribution in [2.75, 3.05) is 5.12 Å². The first kappa shape index (κ1) is 10.6. The molecule has 0 fully saturated rings. The summed E-state index contributed by atoms with van der Waals surface area (Å²) in [5, 5.41) is 14.8. The van der Waals surface area contributed by atoms with Crippen LogP contribution in [-0.4, -0.2) is 9.89 Å². The molecule has 5 nitrogen and oxygen atoms in total. The van der Waals surface area contributed by atoms with Crippen LogP contribution in [0.5, 0.6) is 0 Å². The van der Waals surface area contributed by atoms with Crippen LogP contribution in [0.2, 0.25) is 10.0 Å². The molecule has 0 saturated carbocycles. The summed E-state index contributed by atoms with van der Waals surface area (Å²) >= 11 is 11.9. The van der Waals surface area contributed by atoms with Gasteiger partial charge in [0.1, 0.15) is 0 Å². The first-order valence-corrected chi connectivity index (χ1v) is 5.67. The highest BCUT2D eigenvalue weighted by atomic mass is 35.5. The third-order valence-electron chi connectivity index (χ3n) is 2.42. The molecule has 1 aromatic carbocycles. The van der Waals surface area contributed by atoms with E-state index in [9.17, 15) is 0 Å². The molecule has 0 atom stereocenters. The van der Waals surface area contributed by atoms with Crippen LogP contribution in [0.4, 0.5) is 5.69 Å². The van der Waals surface area contributed by atoms with Crippen molar-refractivity contribution in [2.45, 2.75) is 6.54 Å². The number of fused-ring (bicyclic) bond motifs is 1. The molecule has 2 aromatic rings. The summed E-state index contributed by atoms with van der Waals surface area (Å²) in [5.41, 5.74) is 1.70. The average Bonchev–Trinajstić information content (AvgIpc) is 2.83. The smallest absolute Gasteiger partial charge is 0.0942 e. The van der Waals surface area contributed by atoms with Crippen LogP contribution in [0.25, 0.3) is 0 Å². The van der Waals surface area contributed by atoms with Crippen molar-refractivity contribution in [3.63, 3.8) is 0 Å². The third kappa shape index (κ3) is 1.87. The second-order valence-electron chi connectivity index (χ2n) is 3.54. The maximum absolute atomic E-state index is 5.97. The van der Waals surface area contributed by atoms with Crippen LogP contribution in [-0.2, 0) is 6.54 Å². The maximum atomic E-state index is 5.97. The Hall–Kier alpha value is -1.59. The van der Waals surface area contributed by atoms with Crippen molar-refractivity contribution < 1.29 is 0 Å². The molecule has 0 saturated heterocycles. The van der Waals surface area contributed by atoms with Crippen molar-refractivity contribution in [3.8, 4) is 0 Å². The first-order chi connectivity index (χ1) is 8.24. The maximum Gasteiger partial charge on any atom is 0.0942 e. The summed E-state index contributed by atoms with van der Waals surface area (Å²) in [4.78, 5) is 1.61. The highest BCUT2D eigenvalue weighted by molar-refractivity contribution is 6.42. The SMILES string of the molecule is Clc1cc2c(cc1Cl)N=NN(n1cccn1)C2. The number of benzene rings is 1. The standard InChI is InChI=1S/C10H7Cl2N5/c11-8-4-7-6-17(16-3-1-2-13-16)15-14-10(7)5-9(8)12/h1-5H,6H2. The molecule has 0 bridgehead atoms. The molecule has 0 unspecified atom stereocenters. The van der Waals surface area contributed by atoms with E-state index >= 15 is 0 Å². The Morgan fingerprint density at radius 2 is 2.00 bits per heavy atom. The molecule has 86 valence electrons. The van der Waals surface area contributed by atoms with Gasteiger partial charge in [0.2, 0.25) is 0 Å². The molecule has 1 aliphatic rings. The second kappa shape index (κ2) is 4.01. The van der Waals surface area contributed by atoms with Crippen LogP contribution < -0.4 is 5.12 Å². The summed E-state index contributed by atoms with van der Waals surface area (Å²) < 4.78 is 0. The van der Waals surface area contributed by atoms with Crippen LogP contribution in [0, 0.1) is 0 Å². The van der Waals surface area contributed by atoms with Gasteiger partial charge in [-0.05, 0) is 23.4 Å². The number of aromatic nitrogens is 2. The van der Waals surface area contributed by atoms with Gasteiger partial charge in [0.15, 0.2) is 0 Å². The molecule has 0 N–H and O–H groups in total. The minimum atomic E-state index is 0.483. The summed E-state index contributed by atoms with van der Waals surface area (Å²) in [6, 6.07) is 5.33. The predicted molar refractivity (Wildman–Crippen MR) is 65.1 cm³/mol. The molecule has 17 heavy (non-hydrogen) atoms. The summed E-state index contributed by atoms with van der Waals surface area (Å²) in [6.07, 6.45) is 3.47. The first-order valence-electron chi connectivity index (χ1n) is 4.91. The zero-order valence-electron chi connectivity index (χ0n) is 8.59. The van der Waals surface area contributed by atoms with Crippen LogP contribution >= 0.6 is 23.2 Å². The van der Waals surface area contributed by atoms with E-state index in [4.69, 9.17) is 23.2 Å². The highest BCUT2D eigenvalue weighted by Gasteiger charge is 2.16. The van der Waals surface area contributed by atoms with Gasteiger partial charge in [-0.2, -0.15) is 15.0 Å². The van der Waals surface area contributed by atoms with E-state index in [2.05, 4.69) is 15.4 Å². The Labute approximate surface area is 107 Å². The molecule has 7 heteroatoms. The third-order valence-corrected chi connectivity index (χ3v) is 3.14. The van der Waals surface area contributed by atoms with E-state index in [0.29, 0.717) is 16.6 Å². The Morgan fingerprint density at radius 3 is 2.76 bits per heavy atom. The van der Waals surface area contributed by atoms with Gasteiger partial charge in [0, 0.05) is 5.56 Å². The minimum absolute atomic E-state index is 0.483. The zero-order chi connectivity index (χ0) is 11.8. The lowest BCUT2D eigenvalue weighted by atomic mass is 10.2. The van der Waals surface area contributed by atoms with Crippen molar-refractivity contribution in [1.29, 1.82) is 0 Å². The minimum Gasteiger partial charge on any atom is -0.162 e. The molecule has 0 radical (unpaired) electrons. The lowest BCUT2D eigenvalue weighted by molar-refractivity contribution is 0.514. The highest BCUT2D eigenvalue weighted by Crippen LogP contribution is 2.33. The quantitative estimate of drug-likeness (QED) is 0.796. The average molecular weight is 268 g/mol. The number of halogens is 2. The largest absolute Gasteiger partial charge is 0.162 e. The van der Waals surface area contributed by atoms with Crippen molar-refractivity contribution in [2.24, 2.45) is 10.3 Å². The van der Waals surface area contributed by atoms with Gasteiger partial charge in [0.05, 0.1) is 34.7 Å². The van der Waals surface area contributed by atoms with E-state index in [0.717, 1.165) is 11.3 Å².